The average molecular weight is 225 g/mol. The highest BCUT2D eigenvalue weighted by Gasteiger charge is 2.19. The van der Waals surface area contributed by atoms with Crippen molar-refractivity contribution in [3.05, 3.63) is 12.2 Å². The smallest absolute Gasteiger partial charge is 0.334 e. The molecule has 1 saturated carbocycles. The van der Waals surface area contributed by atoms with Gasteiger partial charge in [-0.1, -0.05) is 26.3 Å². The molecule has 0 saturated heterocycles. The van der Waals surface area contributed by atoms with Crippen LogP contribution in [0.15, 0.2) is 12.2 Å². The summed E-state index contributed by atoms with van der Waals surface area (Å²) in [6, 6.07) is 0.537. The first-order valence-electron chi connectivity index (χ1n) is 6.21. The lowest BCUT2D eigenvalue weighted by atomic mass is 9.87. The number of rotatable bonds is 5. The molecule has 0 amide bonds. The van der Waals surface area contributed by atoms with Gasteiger partial charge >= 0.3 is 5.97 Å². The van der Waals surface area contributed by atoms with Crippen LogP contribution in [0.1, 0.15) is 39.5 Å². The van der Waals surface area contributed by atoms with Crippen molar-refractivity contribution in [1.29, 1.82) is 0 Å². The fourth-order valence-electron chi connectivity index (χ4n) is 2.19. The van der Waals surface area contributed by atoms with Gasteiger partial charge in [-0.2, -0.15) is 0 Å². The van der Waals surface area contributed by atoms with Crippen LogP contribution in [0.4, 0.5) is 0 Å². The van der Waals surface area contributed by atoms with Gasteiger partial charge in [-0.05, 0) is 25.7 Å². The molecule has 0 aromatic rings. The number of carbonyl (C=O) groups is 1. The lowest BCUT2D eigenvalue weighted by Gasteiger charge is -2.27. The summed E-state index contributed by atoms with van der Waals surface area (Å²) in [5.41, 5.74) is 0.528. The Morgan fingerprint density at radius 1 is 1.50 bits per heavy atom. The molecule has 92 valence electrons. The average Bonchev–Trinajstić information content (AvgIpc) is 2.26. The molecule has 1 fully saturated rings. The molecule has 1 rings (SSSR count). The topological polar surface area (TPSA) is 38.3 Å². The maximum atomic E-state index is 11.3. The molecule has 2 unspecified atom stereocenters. The van der Waals surface area contributed by atoms with Crippen LogP contribution in [0, 0.1) is 5.92 Å². The van der Waals surface area contributed by atoms with Crippen LogP contribution < -0.4 is 5.32 Å². The molecule has 3 heteroatoms. The van der Waals surface area contributed by atoms with Crippen LogP contribution in [0.25, 0.3) is 0 Å². The third kappa shape index (κ3) is 4.35. The summed E-state index contributed by atoms with van der Waals surface area (Å²) < 4.78 is 4.89. The second kappa shape index (κ2) is 6.69. The summed E-state index contributed by atoms with van der Waals surface area (Å²) >= 11 is 0. The highest BCUT2D eigenvalue weighted by atomic mass is 16.5. The Bertz CT molecular complexity index is 250. The third-order valence-corrected chi connectivity index (χ3v) is 3.10. The summed E-state index contributed by atoms with van der Waals surface area (Å²) in [5, 5.41) is 3.39. The number of hydrogen-bond acceptors (Lipinski definition) is 3. The van der Waals surface area contributed by atoms with Crippen LogP contribution in [0.5, 0.6) is 0 Å². The van der Waals surface area contributed by atoms with Gasteiger partial charge in [-0.25, -0.2) is 4.79 Å². The van der Waals surface area contributed by atoms with Crippen LogP contribution in [0.3, 0.4) is 0 Å². The molecule has 1 aliphatic carbocycles. The van der Waals surface area contributed by atoms with E-state index in [0.717, 1.165) is 5.92 Å². The third-order valence-electron chi connectivity index (χ3n) is 3.10. The fourth-order valence-corrected chi connectivity index (χ4v) is 2.19. The van der Waals surface area contributed by atoms with E-state index in [4.69, 9.17) is 4.74 Å². The van der Waals surface area contributed by atoms with Crippen LogP contribution in [-0.4, -0.2) is 25.2 Å². The lowest BCUT2D eigenvalue weighted by molar-refractivity contribution is -0.138. The van der Waals surface area contributed by atoms with Gasteiger partial charge in [0.1, 0.15) is 0 Å². The van der Waals surface area contributed by atoms with Gasteiger partial charge < -0.3 is 10.1 Å². The van der Waals surface area contributed by atoms with Crippen molar-refractivity contribution in [1.82, 2.24) is 5.32 Å². The van der Waals surface area contributed by atoms with Crippen LogP contribution >= 0.6 is 0 Å². The first-order valence-corrected chi connectivity index (χ1v) is 6.21. The minimum Gasteiger partial charge on any atom is -0.463 e. The van der Waals surface area contributed by atoms with Gasteiger partial charge in [0.25, 0.3) is 0 Å². The van der Waals surface area contributed by atoms with E-state index in [1.807, 2.05) is 0 Å². The Balaban J connectivity index is 2.23. The molecular formula is C13H23NO2. The second-order valence-corrected chi connectivity index (χ2v) is 4.67. The van der Waals surface area contributed by atoms with E-state index in [-0.39, 0.29) is 5.97 Å². The Labute approximate surface area is 98.2 Å². The minimum absolute atomic E-state index is 0.279. The molecule has 0 aromatic carbocycles. The number of nitrogens with one attached hydrogen (secondary N) is 1. The van der Waals surface area contributed by atoms with E-state index in [2.05, 4.69) is 18.8 Å². The summed E-state index contributed by atoms with van der Waals surface area (Å²) in [4.78, 5) is 11.3. The first kappa shape index (κ1) is 13.2. The van der Waals surface area contributed by atoms with Gasteiger partial charge in [-0.15, -0.1) is 0 Å². The van der Waals surface area contributed by atoms with Gasteiger partial charge in [0, 0.05) is 18.2 Å². The Hall–Kier alpha value is -0.830. The summed E-state index contributed by atoms with van der Waals surface area (Å²) in [7, 11) is 0. The molecule has 0 spiro atoms. The van der Waals surface area contributed by atoms with Crippen molar-refractivity contribution in [2.24, 2.45) is 5.92 Å². The first-order chi connectivity index (χ1) is 7.63. The molecule has 0 aromatic heterocycles. The van der Waals surface area contributed by atoms with Crippen molar-refractivity contribution >= 4 is 5.97 Å². The van der Waals surface area contributed by atoms with Gasteiger partial charge in [0.05, 0.1) is 6.61 Å². The number of ether oxygens (including phenoxy) is 1. The van der Waals surface area contributed by atoms with Crippen molar-refractivity contribution in [2.45, 2.75) is 45.6 Å². The van der Waals surface area contributed by atoms with Crippen molar-refractivity contribution in [3.63, 3.8) is 0 Å². The molecule has 0 aliphatic heterocycles. The molecule has 3 nitrogen and oxygen atoms in total. The molecule has 16 heavy (non-hydrogen) atoms. The predicted molar refractivity (Wildman–Crippen MR) is 65.2 cm³/mol. The lowest BCUT2D eigenvalue weighted by Crippen LogP contribution is -2.35. The molecule has 2 atom stereocenters. The molecule has 1 aliphatic rings. The highest BCUT2D eigenvalue weighted by Crippen LogP contribution is 2.23. The normalized spacial score (nSPS) is 25.1. The Morgan fingerprint density at radius 2 is 2.25 bits per heavy atom. The monoisotopic (exact) mass is 225 g/mol. The SMILES string of the molecule is C=C(CNC1CCCC(C)C1)C(=O)OCC. The van der Waals surface area contributed by atoms with Crippen molar-refractivity contribution in [3.8, 4) is 0 Å². The number of hydrogen-bond donors (Lipinski definition) is 1. The predicted octanol–water partition coefficient (Wildman–Crippen LogP) is 2.27. The fraction of sp³-hybridized carbons (Fsp3) is 0.769. The molecular weight excluding hydrogens is 202 g/mol. The van der Waals surface area contributed by atoms with E-state index in [1.165, 1.54) is 25.7 Å². The van der Waals surface area contributed by atoms with E-state index in [9.17, 15) is 4.79 Å². The standard InChI is InChI=1S/C13H23NO2/c1-4-16-13(15)11(3)9-14-12-7-5-6-10(2)8-12/h10,12,14H,3-9H2,1-2H3. The number of carbonyl (C=O) groups excluding carboxylic acids is 1. The minimum atomic E-state index is -0.279. The molecule has 1 N–H and O–H groups in total. The maximum absolute atomic E-state index is 11.3. The number of esters is 1. The van der Waals surface area contributed by atoms with E-state index in [1.54, 1.807) is 6.92 Å². The van der Waals surface area contributed by atoms with E-state index < -0.39 is 0 Å². The summed E-state index contributed by atoms with van der Waals surface area (Å²) in [5.74, 6) is 0.515. The highest BCUT2D eigenvalue weighted by molar-refractivity contribution is 5.88. The van der Waals surface area contributed by atoms with Gasteiger partial charge in [-0.3, -0.25) is 0 Å². The summed E-state index contributed by atoms with van der Waals surface area (Å²) in [6.45, 7) is 8.80. The zero-order valence-corrected chi connectivity index (χ0v) is 10.4. The zero-order valence-electron chi connectivity index (χ0n) is 10.4. The summed E-state index contributed by atoms with van der Waals surface area (Å²) in [6.07, 6.45) is 5.03. The second-order valence-electron chi connectivity index (χ2n) is 4.67. The van der Waals surface area contributed by atoms with Crippen LogP contribution in [0.2, 0.25) is 0 Å². The largest absolute Gasteiger partial charge is 0.463 e. The molecule has 0 radical (unpaired) electrons. The van der Waals surface area contributed by atoms with Gasteiger partial charge in [0.2, 0.25) is 0 Å². The van der Waals surface area contributed by atoms with E-state index >= 15 is 0 Å². The Kier molecular flexibility index (Phi) is 5.53. The Morgan fingerprint density at radius 3 is 2.88 bits per heavy atom. The van der Waals surface area contributed by atoms with Crippen molar-refractivity contribution < 1.29 is 9.53 Å². The van der Waals surface area contributed by atoms with Gasteiger partial charge in [0.15, 0.2) is 0 Å². The molecule has 0 heterocycles. The van der Waals surface area contributed by atoms with E-state index in [0.29, 0.717) is 24.8 Å². The van der Waals surface area contributed by atoms with Crippen molar-refractivity contribution in [2.75, 3.05) is 13.2 Å². The maximum Gasteiger partial charge on any atom is 0.334 e. The van der Waals surface area contributed by atoms with Crippen LogP contribution in [-0.2, 0) is 9.53 Å². The zero-order chi connectivity index (χ0) is 12.0. The molecule has 0 bridgehead atoms. The quantitative estimate of drug-likeness (QED) is 0.576.